The molecule has 0 radical (unpaired) electrons. The third-order valence-corrected chi connectivity index (χ3v) is 5.37. The molecule has 29 heavy (non-hydrogen) atoms. The molecule has 0 atom stereocenters. The number of benzene rings is 2. The fourth-order valence-electron chi connectivity index (χ4n) is 3.71. The van der Waals surface area contributed by atoms with Crippen LogP contribution in [-0.2, 0) is 0 Å². The minimum Gasteiger partial charge on any atom is -0.478 e. The van der Waals surface area contributed by atoms with E-state index >= 15 is 0 Å². The number of nitrogen functional groups attached to an aromatic ring is 1. The summed E-state index contributed by atoms with van der Waals surface area (Å²) >= 11 is 0. The molecule has 1 amide bonds. The van der Waals surface area contributed by atoms with Crippen LogP contribution in [0.5, 0.6) is 0 Å². The lowest BCUT2D eigenvalue weighted by Crippen LogP contribution is -2.25. The summed E-state index contributed by atoms with van der Waals surface area (Å²) < 4.78 is 0. The van der Waals surface area contributed by atoms with Crippen LogP contribution in [0.15, 0.2) is 30.3 Å². The maximum Gasteiger partial charge on any atom is 0.336 e. The third-order valence-electron chi connectivity index (χ3n) is 5.37. The fourth-order valence-corrected chi connectivity index (χ4v) is 3.71. The molecular formula is C24H34N2O3. The van der Waals surface area contributed by atoms with Gasteiger partial charge in [-0.1, -0.05) is 76.8 Å². The molecule has 0 saturated heterocycles. The molecule has 2 rings (SSSR count). The van der Waals surface area contributed by atoms with Crippen molar-refractivity contribution in [1.29, 1.82) is 0 Å². The lowest BCUT2D eigenvalue weighted by molar-refractivity contribution is 0.0699. The van der Waals surface area contributed by atoms with E-state index in [1.165, 1.54) is 57.4 Å². The average molecular weight is 399 g/mol. The molecule has 0 aliphatic heterocycles. The molecule has 2 aromatic rings. The monoisotopic (exact) mass is 398 g/mol. The number of carbonyl (C=O) groups is 2. The van der Waals surface area contributed by atoms with E-state index in [9.17, 15) is 14.7 Å². The Labute approximate surface area is 173 Å². The molecule has 0 saturated carbocycles. The van der Waals surface area contributed by atoms with Gasteiger partial charge in [-0.15, -0.1) is 0 Å². The Morgan fingerprint density at radius 2 is 1.48 bits per heavy atom. The summed E-state index contributed by atoms with van der Waals surface area (Å²) in [6.07, 6.45) is 12.4. The molecule has 0 aliphatic carbocycles. The van der Waals surface area contributed by atoms with E-state index in [1.807, 2.05) is 0 Å². The Morgan fingerprint density at radius 1 is 0.862 bits per heavy atom. The number of carboxylic acids is 1. The summed E-state index contributed by atoms with van der Waals surface area (Å²) in [6, 6.07) is 8.16. The molecule has 5 nitrogen and oxygen atoms in total. The molecule has 0 spiro atoms. The number of aromatic carboxylic acids is 1. The van der Waals surface area contributed by atoms with Crippen molar-refractivity contribution in [3.63, 3.8) is 0 Å². The Kier molecular flexibility index (Phi) is 9.48. The third kappa shape index (κ3) is 6.77. The zero-order valence-electron chi connectivity index (χ0n) is 17.5. The summed E-state index contributed by atoms with van der Waals surface area (Å²) in [7, 11) is 0. The van der Waals surface area contributed by atoms with Gasteiger partial charge in [0.2, 0.25) is 0 Å². The zero-order valence-corrected chi connectivity index (χ0v) is 17.5. The summed E-state index contributed by atoms with van der Waals surface area (Å²) in [4.78, 5) is 24.2. The van der Waals surface area contributed by atoms with Crippen molar-refractivity contribution in [2.24, 2.45) is 0 Å². The van der Waals surface area contributed by atoms with Crippen molar-refractivity contribution in [1.82, 2.24) is 5.32 Å². The van der Waals surface area contributed by atoms with Crippen LogP contribution >= 0.6 is 0 Å². The van der Waals surface area contributed by atoms with Crippen molar-refractivity contribution in [2.75, 3.05) is 12.3 Å². The molecule has 0 bridgehead atoms. The van der Waals surface area contributed by atoms with Gasteiger partial charge in [0.1, 0.15) is 0 Å². The lowest BCUT2D eigenvalue weighted by atomic mass is 9.97. The van der Waals surface area contributed by atoms with Crippen LogP contribution in [0.3, 0.4) is 0 Å². The molecule has 0 aliphatic rings. The highest BCUT2D eigenvalue weighted by Gasteiger charge is 2.17. The quantitative estimate of drug-likeness (QED) is 0.295. The van der Waals surface area contributed by atoms with Gasteiger partial charge in [-0.05, 0) is 24.6 Å². The van der Waals surface area contributed by atoms with Gasteiger partial charge < -0.3 is 16.2 Å². The predicted molar refractivity (Wildman–Crippen MR) is 119 cm³/mol. The first kappa shape index (κ1) is 22.7. The molecule has 0 fully saturated rings. The number of amides is 1. The Morgan fingerprint density at radius 3 is 2.10 bits per heavy atom. The average Bonchev–Trinajstić information content (AvgIpc) is 2.71. The Bertz CT molecular complexity index is 817. The smallest absolute Gasteiger partial charge is 0.336 e. The van der Waals surface area contributed by atoms with Gasteiger partial charge in [0.15, 0.2) is 0 Å². The molecule has 158 valence electrons. The van der Waals surface area contributed by atoms with Gasteiger partial charge in [0.05, 0.1) is 5.56 Å². The van der Waals surface area contributed by atoms with E-state index < -0.39 is 5.97 Å². The summed E-state index contributed by atoms with van der Waals surface area (Å²) in [5.74, 6) is -1.32. The second-order valence-corrected chi connectivity index (χ2v) is 7.67. The molecule has 2 aromatic carbocycles. The van der Waals surface area contributed by atoms with Gasteiger partial charge in [-0.25, -0.2) is 4.79 Å². The van der Waals surface area contributed by atoms with Gasteiger partial charge >= 0.3 is 5.97 Å². The summed E-state index contributed by atoms with van der Waals surface area (Å²) in [6.45, 7) is 2.83. The van der Waals surface area contributed by atoms with Crippen molar-refractivity contribution >= 4 is 28.3 Å². The number of hydrogen-bond donors (Lipinski definition) is 3. The highest BCUT2D eigenvalue weighted by molar-refractivity contribution is 6.16. The van der Waals surface area contributed by atoms with Gasteiger partial charge in [0, 0.05) is 28.6 Å². The SMILES string of the molecule is CCCCCCCCCCCCNC(=O)c1ccc(N)c2cccc(C(=O)O)c12. The largest absolute Gasteiger partial charge is 0.478 e. The number of unbranched alkanes of at least 4 members (excludes halogenated alkanes) is 9. The minimum atomic E-state index is -1.06. The molecule has 4 N–H and O–H groups in total. The number of nitrogens with two attached hydrogens (primary N) is 1. The van der Waals surface area contributed by atoms with Gasteiger partial charge in [-0.2, -0.15) is 0 Å². The van der Waals surface area contributed by atoms with E-state index in [0.29, 0.717) is 28.6 Å². The first-order chi connectivity index (χ1) is 14.1. The number of carboxylic acid groups (broad SMARTS) is 1. The standard InChI is InChI=1S/C24H34N2O3/c1-2-3-4-5-6-7-8-9-10-11-17-26-23(27)19-15-16-21(25)18-13-12-14-20(22(18)19)24(28)29/h12-16H,2-11,17,25H2,1H3,(H,26,27)(H,28,29). The minimum absolute atomic E-state index is 0.0962. The normalized spacial score (nSPS) is 10.9. The van der Waals surface area contributed by atoms with Crippen LogP contribution in [0, 0.1) is 0 Å². The number of carbonyl (C=O) groups excluding carboxylic acids is 1. The second kappa shape index (κ2) is 12.1. The van der Waals surface area contributed by atoms with Crippen molar-refractivity contribution in [3.8, 4) is 0 Å². The topological polar surface area (TPSA) is 92.4 Å². The van der Waals surface area contributed by atoms with Crippen LogP contribution in [0.1, 0.15) is 91.8 Å². The number of hydrogen-bond acceptors (Lipinski definition) is 3. The lowest BCUT2D eigenvalue weighted by Gasteiger charge is -2.12. The predicted octanol–water partition coefficient (Wildman–Crippen LogP) is 5.77. The van der Waals surface area contributed by atoms with E-state index in [2.05, 4.69) is 12.2 Å². The van der Waals surface area contributed by atoms with Crippen molar-refractivity contribution in [3.05, 3.63) is 41.5 Å². The van der Waals surface area contributed by atoms with Gasteiger partial charge in [-0.3, -0.25) is 4.79 Å². The van der Waals surface area contributed by atoms with Gasteiger partial charge in [0.25, 0.3) is 5.91 Å². The zero-order chi connectivity index (χ0) is 21.1. The Balaban J connectivity index is 1.81. The van der Waals surface area contributed by atoms with Crippen LogP contribution in [0.25, 0.3) is 10.8 Å². The van der Waals surface area contributed by atoms with Crippen LogP contribution in [0.4, 0.5) is 5.69 Å². The number of fused-ring (bicyclic) bond motifs is 1. The van der Waals surface area contributed by atoms with E-state index in [1.54, 1.807) is 24.3 Å². The molecule has 0 aromatic heterocycles. The van der Waals surface area contributed by atoms with E-state index in [-0.39, 0.29) is 11.5 Å². The summed E-state index contributed by atoms with van der Waals surface area (Å²) in [5.41, 5.74) is 6.91. The molecule has 0 unspecified atom stereocenters. The molecule has 5 heteroatoms. The maximum atomic E-state index is 12.7. The first-order valence-electron chi connectivity index (χ1n) is 10.9. The number of rotatable bonds is 13. The highest BCUT2D eigenvalue weighted by Crippen LogP contribution is 2.28. The number of nitrogens with one attached hydrogen (secondary N) is 1. The van der Waals surface area contributed by atoms with Crippen molar-refractivity contribution in [2.45, 2.75) is 71.1 Å². The van der Waals surface area contributed by atoms with Crippen LogP contribution < -0.4 is 11.1 Å². The van der Waals surface area contributed by atoms with Crippen LogP contribution in [-0.4, -0.2) is 23.5 Å². The van der Waals surface area contributed by atoms with Crippen LogP contribution in [0.2, 0.25) is 0 Å². The summed E-state index contributed by atoms with van der Waals surface area (Å²) in [5, 5.41) is 13.4. The van der Waals surface area contributed by atoms with E-state index in [0.717, 1.165) is 12.8 Å². The maximum absolute atomic E-state index is 12.7. The fraction of sp³-hybridized carbons (Fsp3) is 0.500. The molecule has 0 heterocycles. The first-order valence-corrected chi connectivity index (χ1v) is 10.9. The van der Waals surface area contributed by atoms with E-state index in [4.69, 9.17) is 5.73 Å². The highest BCUT2D eigenvalue weighted by atomic mass is 16.4. The number of anilines is 1. The molecular weight excluding hydrogens is 364 g/mol. The van der Waals surface area contributed by atoms with Crippen molar-refractivity contribution < 1.29 is 14.7 Å². The second-order valence-electron chi connectivity index (χ2n) is 7.67. The Hall–Kier alpha value is -2.56.